The van der Waals surface area contributed by atoms with Gasteiger partial charge in [0.15, 0.2) is 5.82 Å². The maximum Gasteiger partial charge on any atom is 0.273 e. The average molecular weight is 417 g/mol. The molecule has 9 heteroatoms. The molecule has 1 aliphatic rings. The molecule has 0 spiro atoms. The average Bonchev–Trinajstić information content (AvgIpc) is 2.73. The lowest BCUT2D eigenvalue weighted by molar-refractivity contribution is 0.0136. The number of hydrogen-bond donors (Lipinski definition) is 1. The van der Waals surface area contributed by atoms with E-state index in [0.29, 0.717) is 31.5 Å². The van der Waals surface area contributed by atoms with Crippen molar-refractivity contribution in [1.82, 2.24) is 15.2 Å². The lowest BCUT2D eigenvalue weighted by Gasteiger charge is -2.28. The Kier molecular flexibility index (Phi) is 5.46. The number of nitrogens with one attached hydrogen (secondary N) is 1. The predicted octanol–water partition coefficient (Wildman–Crippen LogP) is 4.29. The fourth-order valence-electron chi connectivity index (χ4n) is 3.56. The third-order valence-electron chi connectivity index (χ3n) is 5.19. The van der Waals surface area contributed by atoms with Crippen LogP contribution < -0.4 is 10.2 Å². The third kappa shape index (κ3) is 4.02. The van der Waals surface area contributed by atoms with Gasteiger partial charge in [0.05, 0.1) is 48.4 Å². The number of benzene rings is 1. The molecule has 6 nitrogen and oxygen atoms in total. The summed E-state index contributed by atoms with van der Waals surface area (Å²) in [4.78, 5) is 6.63. The van der Waals surface area contributed by atoms with Crippen molar-refractivity contribution in [3.8, 4) is 0 Å². The molecule has 1 atom stereocenters. The zero-order chi connectivity index (χ0) is 21.3. The topological polar surface area (TPSA) is 63.2 Å². The number of halogens is 3. The molecule has 1 aliphatic heterocycles. The maximum absolute atomic E-state index is 14.8. The monoisotopic (exact) mass is 417 g/mol. The molecule has 158 valence electrons. The van der Waals surface area contributed by atoms with Gasteiger partial charge >= 0.3 is 0 Å². The summed E-state index contributed by atoms with van der Waals surface area (Å²) in [5.41, 5.74) is 1.05. The fourth-order valence-corrected chi connectivity index (χ4v) is 3.56. The predicted molar refractivity (Wildman–Crippen MR) is 108 cm³/mol. The van der Waals surface area contributed by atoms with Crippen molar-refractivity contribution in [1.29, 1.82) is 0 Å². The van der Waals surface area contributed by atoms with Gasteiger partial charge in [0.2, 0.25) is 0 Å². The van der Waals surface area contributed by atoms with E-state index >= 15 is 0 Å². The van der Waals surface area contributed by atoms with Crippen LogP contribution in [0.15, 0.2) is 36.7 Å². The Morgan fingerprint density at radius 3 is 2.70 bits per heavy atom. The first kappa shape index (κ1) is 20.3. The van der Waals surface area contributed by atoms with Crippen LogP contribution in [0.1, 0.15) is 31.0 Å². The number of pyridine rings is 1. The summed E-state index contributed by atoms with van der Waals surface area (Å²) < 4.78 is 47.6. The SMILES string of the molecule is C[C@@H](Nc1nncc2ncc(N3CCOCC3)cc12)c1cccc(C(C)(F)F)c1F. The second-order valence-electron chi connectivity index (χ2n) is 7.38. The first-order valence-corrected chi connectivity index (χ1v) is 9.72. The number of aromatic nitrogens is 3. The Hall–Kier alpha value is -2.94. The summed E-state index contributed by atoms with van der Waals surface area (Å²) in [6, 6.07) is 5.35. The van der Waals surface area contributed by atoms with Crippen molar-refractivity contribution >= 4 is 22.4 Å². The molecule has 2 aromatic heterocycles. The van der Waals surface area contributed by atoms with E-state index in [1.807, 2.05) is 6.07 Å². The van der Waals surface area contributed by atoms with E-state index in [2.05, 4.69) is 25.4 Å². The second kappa shape index (κ2) is 8.06. The van der Waals surface area contributed by atoms with Gasteiger partial charge in [-0.1, -0.05) is 18.2 Å². The molecular formula is C21H22F3N5O. The molecule has 1 saturated heterocycles. The van der Waals surface area contributed by atoms with Crippen molar-refractivity contribution in [2.75, 3.05) is 36.5 Å². The van der Waals surface area contributed by atoms with Crippen LogP contribution in [0.25, 0.3) is 10.9 Å². The van der Waals surface area contributed by atoms with Gasteiger partial charge in [-0.2, -0.15) is 5.10 Å². The van der Waals surface area contributed by atoms with E-state index in [9.17, 15) is 13.2 Å². The highest BCUT2D eigenvalue weighted by atomic mass is 19.3. The molecule has 0 unspecified atom stereocenters. The van der Waals surface area contributed by atoms with Crippen LogP contribution in [0, 0.1) is 5.82 Å². The minimum absolute atomic E-state index is 0.130. The smallest absolute Gasteiger partial charge is 0.273 e. The van der Waals surface area contributed by atoms with Crippen molar-refractivity contribution < 1.29 is 17.9 Å². The summed E-state index contributed by atoms with van der Waals surface area (Å²) in [6.07, 6.45) is 3.32. The molecule has 0 saturated carbocycles. The number of hydrogen-bond acceptors (Lipinski definition) is 6. The lowest BCUT2D eigenvalue weighted by atomic mass is 10.0. The van der Waals surface area contributed by atoms with E-state index in [-0.39, 0.29) is 5.56 Å². The Morgan fingerprint density at radius 1 is 1.20 bits per heavy atom. The Morgan fingerprint density at radius 2 is 1.97 bits per heavy atom. The molecule has 0 amide bonds. The molecule has 1 aromatic carbocycles. The highest BCUT2D eigenvalue weighted by Gasteiger charge is 2.30. The molecule has 1 N–H and O–H groups in total. The standard InChI is InChI=1S/C21H22F3N5O/c1-13(15-4-3-5-17(19(15)22)21(2,23)24)27-20-16-10-14(29-6-8-30-9-7-29)11-25-18(16)12-26-28-20/h3-5,10-13H,6-9H2,1-2H3,(H,27,28)/t13-/m1/s1. The summed E-state index contributed by atoms with van der Waals surface area (Å²) in [6.45, 7) is 5.18. The van der Waals surface area contributed by atoms with Crippen LogP contribution >= 0.6 is 0 Å². The van der Waals surface area contributed by atoms with Gasteiger partial charge in [0.1, 0.15) is 5.82 Å². The van der Waals surface area contributed by atoms with E-state index in [1.54, 1.807) is 19.3 Å². The minimum atomic E-state index is -3.27. The van der Waals surface area contributed by atoms with Crippen molar-refractivity contribution in [3.63, 3.8) is 0 Å². The fraction of sp³-hybridized carbons (Fsp3) is 0.381. The first-order chi connectivity index (χ1) is 14.3. The van der Waals surface area contributed by atoms with Crippen LogP contribution in [0.5, 0.6) is 0 Å². The summed E-state index contributed by atoms with van der Waals surface area (Å²) in [5, 5.41) is 11.9. The second-order valence-corrected chi connectivity index (χ2v) is 7.38. The van der Waals surface area contributed by atoms with Gasteiger partial charge in [-0.05, 0) is 13.0 Å². The van der Waals surface area contributed by atoms with E-state index in [1.165, 1.54) is 12.1 Å². The molecule has 30 heavy (non-hydrogen) atoms. The maximum atomic E-state index is 14.8. The number of fused-ring (bicyclic) bond motifs is 1. The Balaban J connectivity index is 1.67. The van der Waals surface area contributed by atoms with Crippen LogP contribution in [0.4, 0.5) is 24.7 Å². The molecule has 3 aromatic rings. The zero-order valence-corrected chi connectivity index (χ0v) is 16.7. The summed E-state index contributed by atoms with van der Waals surface area (Å²) in [5.74, 6) is -3.78. The number of nitrogens with zero attached hydrogens (tertiary/aromatic N) is 4. The number of morpholine rings is 1. The summed E-state index contributed by atoms with van der Waals surface area (Å²) in [7, 11) is 0. The van der Waals surface area contributed by atoms with Gasteiger partial charge in [-0.3, -0.25) is 4.98 Å². The lowest BCUT2D eigenvalue weighted by Crippen LogP contribution is -2.36. The molecule has 1 fully saturated rings. The first-order valence-electron chi connectivity index (χ1n) is 9.72. The minimum Gasteiger partial charge on any atom is -0.378 e. The number of alkyl halides is 2. The normalized spacial score (nSPS) is 16.0. The highest BCUT2D eigenvalue weighted by Crippen LogP contribution is 2.34. The number of ether oxygens (including phenoxy) is 1. The molecule has 0 aliphatic carbocycles. The molecular weight excluding hydrogens is 395 g/mol. The molecule has 0 bridgehead atoms. The molecule has 0 radical (unpaired) electrons. The van der Waals surface area contributed by atoms with Gasteiger partial charge in [-0.15, -0.1) is 5.10 Å². The van der Waals surface area contributed by atoms with Crippen LogP contribution in [0.2, 0.25) is 0 Å². The Bertz CT molecular complexity index is 1050. The number of anilines is 2. The van der Waals surface area contributed by atoms with E-state index in [4.69, 9.17) is 4.74 Å². The van der Waals surface area contributed by atoms with Gasteiger partial charge in [0.25, 0.3) is 5.92 Å². The van der Waals surface area contributed by atoms with E-state index in [0.717, 1.165) is 30.2 Å². The van der Waals surface area contributed by atoms with E-state index < -0.39 is 23.3 Å². The van der Waals surface area contributed by atoms with Crippen molar-refractivity contribution in [3.05, 3.63) is 53.6 Å². The number of rotatable bonds is 5. The zero-order valence-electron chi connectivity index (χ0n) is 16.7. The third-order valence-corrected chi connectivity index (χ3v) is 5.19. The molecule has 4 rings (SSSR count). The van der Waals surface area contributed by atoms with Crippen molar-refractivity contribution in [2.45, 2.75) is 25.8 Å². The van der Waals surface area contributed by atoms with Gasteiger partial charge < -0.3 is 15.0 Å². The quantitative estimate of drug-likeness (QED) is 0.669. The highest BCUT2D eigenvalue weighted by molar-refractivity contribution is 5.90. The summed E-state index contributed by atoms with van der Waals surface area (Å²) >= 11 is 0. The Labute approximate surface area is 172 Å². The van der Waals surface area contributed by atoms with Gasteiger partial charge in [-0.25, -0.2) is 13.2 Å². The van der Waals surface area contributed by atoms with Crippen molar-refractivity contribution in [2.24, 2.45) is 0 Å². The van der Waals surface area contributed by atoms with Crippen LogP contribution in [-0.4, -0.2) is 41.5 Å². The largest absolute Gasteiger partial charge is 0.378 e. The molecule has 3 heterocycles. The van der Waals surface area contributed by atoms with Crippen LogP contribution in [0.3, 0.4) is 0 Å². The van der Waals surface area contributed by atoms with Crippen LogP contribution in [-0.2, 0) is 10.7 Å². The van der Waals surface area contributed by atoms with Gasteiger partial charge in [0, 0.05) is 31.0 Å².